The van der Waals surface area contributed by atoms with Crippen LogP contribution in [0.1, 0.15) is 119 Å². The van der Waals surface area contributed by atoms with Crippen LogP contribution < -0.4 is 16.0 Å². The Bertz CT molecular complexity index is 2300. The molecule has 5 aliphatic rings. The highest BCUT2D eigenvalue weighted by atomic mass is 32.1. The largest absolute Gasteiger partial charge is 0.386 e. The lowest BCUT2D eigenvalue weighted by atomic mass is 9.57. The number of carbonyl (C=O) groups excluding carboxylic acids is 5. The third-order valence-electron chi connectivity index (χ3n) is 12.9. The molecular formula is C43H48N8O6S. The Labute approximate surface area is 340 Å². The molecule has 2 aromatic carbocycles. The Morgan fingerprint density at radius 2 is 1.79 bits per heavy atom. The molecule has 9 rings (SSSR count). The van der Waals surface area contributed by atoms with Crippen molar-refractivity contribution in [3.05, 3.63) is 76.3 Å². The van der Waals surface area contributed by atoms with Crippen LogP contribution in [0.4, 0.5) is 11.4 Å². The van der Waals surface area contributed by atoms with Crippen molar-refractivity contribution in [3.8, 4) is 0 Å². The number of nitrogens with one attached hydrogen (secondary N) is 3. The first kappa shape index (κ1) is 38.4. The van der Waals surface area contributed by atoms with E-state index in [1.165, 1.54) is 44.3 Å². The third kappa shape index (κ3) is 7.28. The molecule has 5 amide bonds. The molecule has 1 spiro atoms. The van der Waals surface area contributed by atoms with Crippen molar-refractivity contribution in [2.45, 2.75) is 89.2 Å². The van der Waals surface area contributed by atoms with Gasteiger partial charge in [-0.2, -0.15) is 0 Å². The summed E-state index contributed by atoms with van der Waals surface area (Å²) < 4.78 is 0.980. The van der Waals surface area contributed by atoms with Crippen LogP contribution in [-0.4, -0.2) is 91.6 Å². The summed E-state index contributed by atoms with van der Waals surface area (Å²) in [6, 6.07) is 8.04. The standard InChI is InChI=1S/C43H48N8O6S/c1-42(2,57)28-16-31-34(17-30(28)47-37(53)32-20-44-14-15-46-32)58-39(48-31)26-8-6-24(7-9-26)21-50-22-43(23-50)18-25(19-43)12-13-45-29-5-3-4-27-36(29)41(56)51(40(27)55)33-10-11-35(52)49-38(33)54/h3-5,14-17,20,24-26,33,45,57H,6-13,18-19,21-23H2,1-2H3,(H,47,53)(H,49,52,54). The molecule has 14 nitrogen and oxygen atoms in total. The lowest BCUT2D eigenvalue weighted by molar-refractivity contribution is -0.136. The van der Waals surface area contributed by atoms with Crippen molar-refractivity contribution < 1.29 is 29.1 Å². The zero-order valence-corrected chi connectivity index (χ0v) is 33.6. The minimum absolute atomic E-state index is 0.0933. The molecule has 0 radical (unpaired) electrons. The monoisotopic (exact) mass is 804 g/mol. The van der Waals surface area contributed by atoms with Crippen LogP contribution in [-0.2, 0) is 15.2 Å². The minimum Gasteiger partial charge on any atom is -0.386 e. The van der Waals surface area contributed by atoms with E-state index in [0.29, 0.717) is 57.8 Å². The van der Waals surface area contributed by atoms with E-state index >= 15 is 0 Å². The molecule has 2 aliphatic carbocycles. The number of imide groups is 2. The van der Waals surface area contributed by atoms with Gasteiger partial charge >= 0.3 is 0 Å². The maximum absolute atomic E-state index is 13.4. The SMILES string of the molecule is CC(C)(O)c1cc2nc(C3CCC(CN4CC5(CC(CCNc6cccc7c6C(=O)N(C6CCC(=O)NC6=O)C7=O)C5)C4)CC3)sc2cc1NC(=O)c1cnccn1. The van der Waals surface area contributed by atoms with Gasteiger partial charge in [-0.3, -0.25) is 39.2 Å². The molecule has 5 heterocycles. The molecular weight excluding hydrogens is 757 g/mol. The number of amides is 5. The van der Waals surface area contributed by atoms with Crippen LogP contribution in [0, 0.1) is 17.3 Å². The van der Waals surface area contributed by atoms with Gasteiger partial charge in [0.15, 0.2) is 0 Å². The zero-order chi connectivity index (χ0) is 40.3. The Hall–Kier alpha value is -5.12. The van der Waals surface area contributed by atoms with Gasteiger partial charge in [-0.15, -0.1) is 11.3 Å². The van der Waals surface area contributed by atoms with Gasteiger partial charge in [-0.25, -0.2) is 9.97 Å². The van der Waals surface area contributed by atoms with E-state index < -0.39 is 29.4 Å². The van der Waals surface area contributed by atoms with Crippen LogP contribution in [0.2, 0.25) is 0 Å². The summed E-state index contributed by atoms with van der Waals surface area (Å²) in [7, 11) is 0. The van der Waals surface area contributed by atoms with Gasteiger partial charge in [0.2, 0.25) is 11.8 Å². The highest BCUT2D eigenvalue weighted by Gasteiger charge is 2.52. The molecule has 302 valence electrons. The first-order valence-electron chi connectivity index (χ1n) is 20.4. The van der Waals surface area contributed by atoms with Crippen molar-refractivity contribution in [2.24, 2.45) is 17.3 Å². The van der Waals surface area contributed by atoms with E-state index in [2.05, 4.69) is 30.8 Å². The maximum atomic E-state index is 13.4. The normalized spacial score (nSPS) is 23.4. The van der Waals surface area contributed by atoms with Crippen LogP contribution in [0.3, 0.4) is 0 Å². The average molecular weight is 805 g/mol. The molecule has 4 aromatic rings. The fourth-order valence-corrected chi connectivity index (χ4v) is 11.2. The molecule has 4 fully saturated rings. The number of hydrogen-bond acceptors (Lipinski definition) is 12. The Morgan fingerprint density at radius 1 is 1.00 bits per heavy atom. The number of aliphatic hydroxyl groups is 1. The number of benzene rings is 2. The highest BCUT2D eigenvalue weighted by Crippen LogP contribution is 2.53. The number of rotatable bonds is 11. The summed E-state index contributed by atoms with van der Waals surface area (Å²) in [6.45, 7) is 7.57. The fourth-order valence-electron chi connectivity index (χ4n) is 10.1. The van der Waals surface area contributed by atoms with Crippen molar-refractivity contribution in [2.75, 3.05) is 36.8 Å². The number of hydrogen-bond donors (Lipinski definition) is 4. The summed E-state index contributed by atoms with van der Waals surface area (Å²) in [5.41, 5.74) is 2.65. The molecule has 3 aliphatic heterocycles. The smallest absolute Gasteiger partial charge is 0.275 e. The van der Waals surface area contributed by atoms with Gasteiger partial charge in [0.05, 0.1) is 38.1 Å². The Kier molecular flexibility index (Phi) is 9.88. The van der Waals surface area contributed by atoms with Gasteiger partial charge in [-0.05, 0) is 107 Å². The lowest BCUT2D eigenvalue weighted by Crippen LogP contribution is -2.63. The zero-order valence-electron chi connectivity index (χ0n) is 32.8. The molecule has 2 saturated heterocycles. The van der Waals surface area contributed by atoms with Gasteiger partial charge < -0.3 is 20.6 Å². The van der Waals surface area contributed by atoms with Crippen molar-refractivity contribution >= 4 is 62.5 Å². The molecule has 4 N–H and O–H groups in total. The van der Waals surface area contributed by atoms with Crippen LogP contribution in [0.15, 0.2) is 48.9 Å². The summed E-state index contributed by atoms with van der Waals surface area (Å²) in [4.78, 5) is 80.4. The second-order valence-corrected chi connectivity index (χ2v) is 18.6. The minimum atomic E-state index is -1.18. The van der Waals surface area contributed by atoms with E-state index in [0.717, 1.165) is 59.0 Å². The number of likely N-dealkylation sites (tertiary alicyclic amines) is 1. The number of thiazole rings is 1. The first-order valence-corrected chi connectivity index (χ1v) is 21.2. The van der Waals surface area contributed by atoms with Crippen LogP contribution in [0.5, 0.6) is 0 Å². The Morgan fingerprint density at radius 3 is 2.52 bits per heavy atom. The number of piperidine rings is 1. The summed E-state index contributed by atoms with van der Waals surface area (Å²) in [6.07, 6.45) is 12.6. The molecule has 2 aromatic heterocycles. The Balaban J connectivity index is 0.728. The van der Waals surface area contributed by atoms with Gasteiger partial charge in [0.25, 0.3) is 17.7 Å². The number of nitrogens with zero attached hydrogens (tertiary/aromatic N) is 5. The topological polar surface area (TPSA) is 187 Å². The van der Waals surface area contributed by atoms with Crippen molar-refractivity contribution in [1.29, 1.82) is 0 Å². The van der Waals surface area contributed by atoms with Crippen molar-refractivity contribution in [3.63, 3.8) is 0 Å². The second-order valence-electron chi connectivity index (χ2n) is 17.6. The maximum Gasteiger partial charge on any atom is 0.275 e. The third-order valence-corrected chi connectivity index (χ3v) is 14.0. The van der Waals surface area contributed by atoms with Gasteiger partial charge in [0, 0.05) is 67.8 Å². The summed E-state index contributed by atoms with van der Waals surface area (Å²) in [5, 5.41) is 20.7. The predicted octanol–water partition coefficient (Wildman–Crippen LogP) is 5.46. The van der Waals surface area contributed by atoms with E-state index in [4.69, 9.17) is 4.98 Å². The fraction of sp³-hybridized carbons (Fsp3) is 0.488. The van der Waals surface area contributed by atoms with E-state index in [1.54, 1.807) is 37.3 Å². The molecule has 58 heavy (non-hydrogen) atoms. The van der Waals surface area contributed by atoms with Gasteiger partial charge in [-0.1, -0.05) is 6.07 Å². The quantitative estimate of drug-likeness (QED) is 0.141. The summed E-state index contributed by atoms with van der Waals surface area (Å²) in [5.74, 6) is -0.643. The first-order chi connectivity index (χ1) is 27.8. The molecule has 0 bridgehead atoms. The molecule has 2 saturated carbocycles. The van der Waals surface area contributed by atoms with E-state index in [9.17, 15) is 29.1 Å². The highest BCUT2D eigenvalue weighted by molar-refractivity contribution is 7.18. The van der Waals surface area contributed by atoms with Gasteiger partial charge in [0.1, 0.15) is 11.7 Å². The number of anilines is 2. The molecule has 1 atom stereocenters. The number of carbonyl (C=O) groups is 5. The van der Waals surface area contributed by atoms with E-state index in [-0.39, 0.29) is 30.3 Å². The number of aromatic nitrogens is 3. The van der Waals surface area contributed by atoms with Crippen LogP contribution >= 0.6 is 11.3 Å². The molecule has 15 heteroatoms. The second kappa shape index (κ2) is 14.9. The predicted molar refractivity (Wildman–Crippen MR) is 217 cm³/mol. The van der Waals surface area contributed by atoms with Crippen LogP contribution in [0.25, 0.3) is 10.2 Å². The summed E-state index contributed by atoms with van der Waals surface area (Å²) >= 11 is 1.68. The van der Waals surface area contributed by atoms with Crippen molar-refractivity contribution in [1.82, 2.24) is 30.1 Å². The lowest BCUT2D eigenvalue weighted by Gasteiger charge is -2.60. The number of fused-ring (bicyclic) bond motifs is 2. The average Bonchev–Trinajstić information content (AvgIpc) is 3.70. The molecule has 1 unspecified atom stereocenters. The van der Waals surface area contributed by atoms with E-state index in [1.807, 2.05) is 18.2 Å².